The van der Waals surface area contributed by atoms with Gasteiger partial charge >= 0.3 is 5.97 Å². The van der Waals surface area contributed by atoms with Crippen molar-refractivity contribution in [1.82, 2.24) is 14.7 Å². The molecular weight excluding hydrogens is 381 g/mol. The summed E-state index contributed by atoms with van der Waals surface area (Å²) >= 11 is 0. The highest BCUT2D eigenvalue weighted by molar-refractivity contribution is 5.89. The van der Waals surface area contributed by atoms with Gasteiger partial charge in [0.1, 0.15) is 5.82 Å². The van der Waals surface area contributed by atoms with E-state index in [4.69, 9.17) is 9.84 Å². The zero-order chi connectivity index (χ0) is 21.1. The molecule has 5 nitrogen and oxygen atoms in total. The second kappa shape index (κ2) is 8.79. The van der Waals surface area contributed by atoms with Crippen molar-refractivity contribution >= 4 is 5.97 Å². The van der Waals surface area contributed by atoms with Crippen LogP contribution in [0.25, 0.3) is 11.3 Å². The normalized spacial score (nSPS) is 13.4. The molecule has 156 valence electrons. The van der Waals surface area contributed by atoms with Crippen LogP contribution in [0.1, 0.15) is 46.9 Å². The van der Waals surface area contributed by atoms with E-state index in [-0.39, 0.29) is 11.8 Å². The lowest BCUT2D eigenvalue weighted by Gasteiger charge is -2.13. The SMILES string of the molecule is CCCCOC(=O)c1cccc(Cn2nc3c(c2-c2ccccc2F)CN(C)C3)c1. The Balaban J connectivity index is 1.65. The average Bonchev–Trinajstić information content (AvgIpc) is 3.24. The topological polar surface area (TPSA) is 47.4 Å². The minimum absolute atomic E-state index is 0.260. The zero-order valence-corrected chi connectivity index (χ0v) is 17.4. The first-order valence-electron chi connectivity index (χ1n) is 10.3. The molecule has 0 radical (unpaired) electrons. The van der Waals surface area contributed by atoms with Gasteiger partial charge in [0.05, 0.1) is 30.1 Å². The summed E-state index contributed by atoms with van der Waals surface area (Å²) < 4.78 is 21.8. The zero-order valence-electron chi connectivity index (χ0n) is 17.4. The summed E-state index contributed by atoms with van der Waals surface area (Å²) in [4.78, 5) is 14.5. The number of benzene rings is 2. The van der Waals surface area contributed by atoms with Gasteiger partial charge in [-0.1, -0.05) is 37.6 Å². The second-order valence-electron chi connectivity index (χ2n) is 7.77. The van der Waals surface area contributed by atoms with Crippen molar-refractivity contribution in [2.75, 3.05) is 13.7 Å². The van der Waals surface area contributed by atoms with Gasteiger partial charge in [0.2, 0.25) is 0 Å². The largest absolute Gasteiger partial charge is 0.462 e. The number of carbonyl (C=O) groups is 1. The van der Waals surface area contributed by atoms with Crippen molar-refractivity contribution in [3.8, 4) is 11.3 Å². The Morgan fingerprint density at radius 3 is 2.80 bits per heavy atom. The highest BCUT2D eigenvalue weighted by Crippen LogP contribution is 2.34. The van der Waals surface area contributed by atoms with E-state index in [9.17, 15) is 9.18 Å². The maximum Gasteiger partial charge on any atom is 0.338 e. The van der Waals surface area contributed by atoms with Crippen molar-refractivity contribution in [3.63, 3.8) is 0 Å². The molecular formula is C24H26FN3O2. The predicted molar refractivity (Wildman–Crippen MR) is 114 cm³/mol. The molecule has 0 N–H and O–H groups in total. The summed E-state index contributed by atoms with van der Waals surface area (Å²) in [5, 5.41) is 4.78. The fourth-order valence-corrected chi connectivity index (χ4v) is 3.85. The molecule has 6 heteroatoms. The first kappa shape index (κ1) is 20.3. The molecule has 2 heterocycles. The summed E-state index contributed by atoms with van der Waals surface area (Å²) in [5.74, 6) is -0.575. The highest BCUT2D eigenvalue weighted by Gasteiger charge is 2.27. The molecule has 1 aliphatic rings. The Morgan fingerprint density at radius 2 is 2.00 bits per heavy atom. The third kappa shape index (κ3) is 4.14. The molecule has 3 aromatic rings. The molecule has 0 aliphatic carbocycles. The standard InChI is InChI=1S/C24H26FN3O2/c1-3-4-12-30-24(29)18-9-7-8-17(13-18)14-28-23(19-10-5-6-11-21(19)25)20-15-27(2)16-22(20)26-28/h5-11,13H,3-4,12,14-16H2,1-2H3. The van der Waals surface area contributed by atoms with Crippen LogP contribution in [0.15, 0.2) is 48.5 Å². The minimum Gasteiger partial charge on any atom is -0.462 e. The Morgan fingerprint density at radius 1 is 1.17 bits per heavy atom. The number of unbranched alkanes of at least 4 members (excludes halogenated alkanes) is 1. The van der Waals surface area contributed by atoms with Crippen molar-refractivity contribution in [3.05, 3.63) is 76.7 Å². The maximum absolute atomic E-state index is 14.6. The van der Waals surface area contributed by atoms with E-state index in [1.165, 1.54) is 6.07 Å². The number of rotatable bonds is 7. The van der Waals surface area contributed by atoms with E-state index < -0.39 is 0 Å². The Hall–Kier alpha value is -2.99. The van der Waals surface area contributed by atoms with Crippen LogP contribution in [-0.2, 0) is 24.4 Å². The van der Waals surface area contributed by atoms with Crippen LogP contribution in [-0.4, -0.2) is 34.3 Å². The molecule has 0 bridgehead atoms. The highest BCUT2D eigenvalue weighted by atomic mass is 19.1. The third-order valence-electron chi connectivity index (χ3n) is 5.34. The van der Waals surface area contributed by atoms with Gasteiger partial charge < -0.3 is 4.74 Å². The smallest absolute Gasteiger partial charge is 0.338 e. The van der Waals surface area contributed by atoms with Crippen molar-refractivity contribution in [1.29, 1.82) is 0 Å². The molecule has 0 atom stereocenters. The molecule has 4 rings (SSSR count). The van der Waals surface area contributed by atoms with E-state index in [0.717, 1.165) is 48.4 Å². The number of carbonyl (C=O) groups excluding carboxylic acids is 1. The van der Waals surface area contributed by atoms with Crippen molar-refractivity contribution < 1.29 is 13.9 Å². The van der Waals surface area contributed by atoms with Crippen LogP contribution in [0.4, 0.5) is 4.39 Å². The molecule has 30 heavy (non-hydrogen) atoms. The molecule has 0 saturated carbocycles. The molecule has 0 unspecified atom stereocenters. The Kier molecular flexibility index (Phi) is 5.95. The van der Waals surface area contributed by atoms with Crippen LogP contribution in [0.2, 0.25) is 0 Å². The molecule has 1 aliphatic heterocycles. The van der Waals surface area contributed by atoms with Crippen LogP contribution >= 0.6 is 0 Å². The monoisotopic (exact) mass is 407 g/mol. The molecule has 0 amide bonds. The van der Waals surface area contributed by atoms with Crippen LogP contribution in [0, 0.1) is 5.82 Å². The van der Waals surface area contributed by atoms with Gasteiger partial charge in [-0.05, 0) is 43.3 Å². The van der Waals surface area contributed by atoms with E-state index >= 15 is 0 Å². The van der Waals surface area contributed by atoms with E-state index in [1.807, 2.05) is 36.0 Å². The summed E-state index contributed by atoms with van der Waals surface area (Å²) in [5.41, 5.74) is 4.85. The number of halogens is 1. The third-order valence-corrected chi connectivity index (χ3v) is 5.34. The van der Waals surface area contributed by atoms with E-state index in [0.29, 0.717) is 24.3 Å². The van der Waals surface area contributed by atoms with Crippen LogP contribution < -0.4 is 0 Å². The van der Waals surface area contributed by atoms with Crippen molar-refractivity contribution in [2.24, 2.45) is 0 Å². The number of hydrogen-bond donors (Lipinski definition) is 0. The Labute approximate surface area is 176 Å². The van der Waals surface area contributed by atoms with Gasteiger partial charge in [-0.2, -0.15) is 5.10 Å². The van der Waals surface area contributed by atoms with Crippen LogP contribution in [0.3, 0.4) is 0 Å². The molecule has 1 aromatic heterocycles. The van der Waals surface area contributed by atoms with Crippen LogP contribution in [0.5, 0.6) is 0 Å². The van der Waals surface area contributed by atoms with Gasteiger partial charge in [0.15, 0.2) is 0 Å². The summed E-state index contributed by atoms with van der Waals surface area (Å²) in [6.45, 7) is 4.42. The molecule has 0 saturated heterocycles. The van der Waals surface area contributed by atoms with Gasteiger partial charge in [0, 0.05) is 24.2 Å². The number of ether oxygens (including phenoxy) is 1. The number of esters is 1. The number of nitrogens with zero attached hydrogens (tertiary/aromatic N) is 3. The first-order chi connectivity index (χ1) is 14.6. The van der Waals surface area contributed by atoms with E-state index in [2.05, 4.69) is 11.8 Å². The quantitative estimate of drug-likeness (QED) is 0.423. The lowest BCUT2D eigenvalue weighted by Crippen LogP contribution is -2.13. The second-order valence-corrected chi connectivity index (χ2v) is 7.77. The maximum atomic E-state index is 14.6. The van der Waals surface area contributed by atoms with Crippen molar-refractivity contribution in [2.45, 2.75) is 39.4 Å². The van der Waals surface area contributed by atoms with Gasteiger partial charge in [-0.15, -0.1) is 0 Å². The van der Waals surface area contributed by atoms with Gasteiger partial charge in [-0.25, -0.2) is 9.18 Å². The lowest BCUT2D eigenvalue weighted by atomic mass is 10.1. The van der Waals surface area contributed by atoms with E-state index in [1.54, 1.807) is 18.2 Å². The molecule has 0 spiro atoms. The molecule has 2 aromatic carbocycles. The predicted octanol–water partition coefficient (Wildman–Crippen LogP) is 4.64. The number of hydrogen-bond acceptors (Lipinski definition) is 4. The summed E-state index contributed by atoms with van der Waals surface area (Å²) in [7, 11) is 2.03. The first-order valence-corrected chi connectivity index (χ1v) is 10.3. The molecule has 0 fully saturated rings. The van der Waals surface area contributed by atoms with Gasteiger partial charge in [0.25, 0.3) is 0 Å². The minimum atomic E-state index is -0.316. The Bertz CT molecular complexity index is 1060. The number of fused-ring (bicyclic) bond motifs is 1. The number of aromatic nitrogens is 2. The average molecular weight is 407 g/mol. The summed E-state index contributed by atoms with van der Waals surface area (Å²) in [6.07, 6.45) is 1.83. The fourth-order valence-electron chi connectivity index (χ4n) is 3.85. The lowest BCUT2D eigenvalue weighted by molar-refractivity contribution is 0.0499. The summed E-state index contributed by atoms with van der Waals surface area (Å²) in [6, 6.07) is 14.2. The fraction of sp³-hybridized carbons (Fsp3) is 0.333. The van der Waals surface area contributed by atoms with Gasteiger partial charge in [-0.3, -0.25) is 9.58 Å².